The summed E-state index contributed by atoms with van der Waals surface area (Å²) in [5.41, 5.74) is 0. The van der Waals surface area contributed by atoms with E-state index in [0.29, 0.717) is 19.3 Å². The second-order valence-electron chi connectivity index (χ2n) is 15.6. The maximum atomic E-state index is 12.7. The molecule has 0 aromatic rings. The molecular formula is C53H88O6. The maximum Gasteiger partial charge on any atom is 0.306 e. The van der Waals surface area contributed by atoms with Gasteiger partial charge in [-0.2, -0.15) is 0 Å². The van der Waals surface area contributed by atoms with Crippen LogP contribution in [0.25, 0.3) is 0 Å². The summed E-state index contributed by atoms with van der Waals surface area (Å²) in [6.07, 6.45) is 60.0. The van der Waals surface area contributed by atoms with E-state index in [0.717, 1.165) is 122 Å². The molecule has 336 valence electrons. The Bertz CT molecular complexity index is 1170. The number of carbonyl (C=O) groups is 3. The summed E-state index contributed by atoms with van der Waals surface area (Å²) < 4.78 is 16.7. The molecule has 0 spiro atoms. The van der Waals surface area contributed by atoms with Crippen LogP contribution in [-0.4, -0.2) is 37.2 Å². The van der Waals surface area contributed by atoms with Gasteiger partial charge in [-0.05, 0) is 89.9 Å². The molecule has 0 amide bonds. The van der Waals surface area contributed by atoms with Gasteiger partial charge in [0, 0.05) is 19.3 Å². The minimum Gasteiger partial charge on any atom is -0.462 e. The van der Waals surface area contributed by atoms with Crippen LogP contribution in [0.4, 0.5) is 0 Å². The van der Waals surface area contributed by atoms with Crippen LogP contribution in [0.3, 0.4) is 0 Å². The van der Waals surface area contributed by atoms with Crippen LogP contribution in [0.2, 0.25) is 0 Å². The standard InChI is InChI=1S/C53H88O6/c1-4-7-10-13-16-19-21-23-25-26-27-28-29-31-32-34-37-40-43-46-52(55)58-49-50(48-57-51(54)45-42-39-36-18-15-12-9-6-3)59-53(56)47-44-41-38-35-33-30-24-22-20-17-14-11-8-5-2/h7,10,14,16-17,19,22-25,27-28,31-32,50H,4-6,8-9,11-13,15,18,20-21,26,29-30,33-49H2,1-3H3/b10-7-,17-14-,19-16-,24-22-,25-23-,28-27-,32-31-. The van der Waals surface area contributed by atoms with Gasteiger partial charge < -0.3 is 14.2 Å². The second-order valence-corrected chi connectivity index (χ2v) is 15.6. The summed E-state index contributed by atoms with van der Waals surface area (Å²) in [6, 6.07) is 0. The Balaban J connectivity index is 4.41. The fourth-order valence-corrected chi connectivity index (χ4v) is 6.25. The number of esters is 3. The summed E-state index contributed by atoms with van der Waals surface area (Å²) in [4.78, 5) is 37.7. The zero-order chi connectivity index (χ0) is 43.0. The Kier molecular flexibility index (Phi) is 44.5. The van der Waals surface area contributed by atoms with Gasteiger partial charge in [-0.3, -0.25) is 14.4 Å². The lowest BCUT2D eigenvalue weighted by atomic mass is 10.1. The predicted molar refractivity (Wildman–Crippen MR) is 251 cm³/mol. The first kappa shape index (κ1) is 55.6. The van der Waals surface area contributed by atoms with Crippen molar-refractivity contribution >= 4 is 17.9 Å². The lowest BCUT2D eigenvalue weighted by Crippen LogP contribution is -2.30. The smallest absolute Gasteiger partial charge is 0.306 e. The molecule has 0 heterocycles. The molecule has 0 aliphatic rings. The number of ether oxygens (including phenoxy) is 3. The molecule has 1 unspecified atom stereocenters. The van der Waals surface area contributed by atoms with Crippen molar-refractivity contribution in [3.05, 3.63) is 85.1 Å². The molecule has 0 aromatic carbocycles. The van der Waals surface area contributed by atoms with Gasteiger partial charge in [0.05, 0.1) is 0 Å². The lowest BCUT2D eigenvalue weighted by Gasteiger charge is -2.18. The SMILES string of the molecule is CC/C=C\C/C=C\C/C=C\C/C=C\C/C=C\CCCCCC(=O)OCC(COC(=O)CCCCCCCCCC)OC(=O)CCCCCCC/C=C\C/C=C\CCCC. The highest BCUT2D eigenvalue weighted by Gasteiger charge is 2.19. The molecule has 0 rings (SSSR count). The van der Waals surface area contributed by atoms with E-state index in [4.69, 9.17) is 14.2 Å². The van der Waals surface area contributed by atoms with Crippen molar-refractivity contribution < 1.29 is 28.6 Å². The first-order valence-corrected chi connectivity index (χ1v) is 24.1. The molecule has 0 aliphatic carbocycles. The average Bonchev–Trinajstić information content (AvgIpc) is 3.23. The van der Waals surface area contributed by atoms with Crippen LogP contribution < -0.4 is 0 Å². The molecule has 0 aliphatic heterocycles. The third kappa shape index (κ3) is 45.5. The molecule has 59 heavy (non-hydrogen) atoms. The zero-order valence-electron chi connectivity index (χ0n) is 38.2. The van der Waals surface area contributed by atoms with Crippen molar-refractivity contribution in [2.24, 2.45) is 0 Å². The van der Waals surface area contributed by atoms with Crippen molar-refractivity contribution in [1.82, 2.24) is 0 Å². The Labute approximate surface area is 363 Å². The van der Waals surface area contributed by atoms with Crippen LogP contribution >= 0.6 is 0 Å². The van der Waals surface area contributed by atoms with Crippen LogP contribution in [0.5, 0.6) is 0 Å². The van der Waals surface area contributed by atoms with Gasteiger partial charge in [-0.25, -0.2) is 0 Å². The van der Waals surface area contributed by atoms with Gasteiger partial charge in [0.1, 0.15) is 13.2 Å². The van der Waals surface area contributed by atoms with Crippen molar-refractivity contribution in [1.29, 1.82) is 0 Å². The molecule has 0 fully saturated rings. The zero-order valence-corrected chi connectivity index (χ0v) is 38.2. The largest absolute Gasteiger partial charge is 0.462 e. The van der Waals surface area contributed by atoms with Gasteiger partial charge in [0.25, 0.3) is 0 Å². The minimum absolute atomic E-state index is 0.0931. The third-order valence-electron chi connectivity index (χ3n) is 9.88. The molecule has 0 saturated heterocycles. The number of unbranched alkanes of at least 4 members (excludes halogenated alkanes) is 17. The summed E-state index contributed by atoms with van der Waals surface area (Å²) in [7, 11) is 0. The summed E-state index contributed by atoms with van der Waals surface area (Å²) in [5, 5.41) is 0. The summed E-state index contributed by atoms with van der Waals surface area (Å²) in [6.45, 7) is 6.40. The predicted octanol–water partition coefficient (Wildman–Crippen LogP) is 15.6. The molecule has 0 N–H and O–H groups in total. The van der Waals surface area contributed by atoms with Crippen LogP contribution in [0, 0.1) is 0 Å². The molecule has 0 radical (unpaired) electrons. The number of hydrogen-bond donors (Lipinski definition) is 0. The van der Waals surface area contributed by atoms with E-state index < -0.39 is 6.10 Å². The Hall–Kier alpha value is -3.41. The molecule has 0 bridgehead atoms. The molecule has 6 heteroatoms. The fraction of sp³-hybridized carbons (Fsp3) is 0.679. The van der Waals surface area contributed by atoms with Crippen molar-refractivity contribution in [3.8, 4) is 0 Å². The molecule has 0 aromatic heterocycles. The number of allylic oxidation sites excluding steroid dienone is 14. The van der Waals surface area contributed by atoms with E-state index in [1.54, 1.807) is 0 Å². The van der Waals surface area contributed by atoms with E-state index in [9.17, 15) is 14.4 Å². The highest BCUT2D eigenvalue weighted by Crippen LogP contribution is 2.13. The quantitative estimate of drug-likeness (QED) is 0.0264. The summed E-state index contributed by atoms with van der Waals surface area (Å²) in [5.74, 6) is -0.950. The molecule has 1 atom stereocenters. The highest BCUT2D eigenvalue weighted by atomic mass is 16.6. The Morgan fingerprint density at radius 3 is 1.10 bits per heavy atom. The summed E-state index contributed by atoms with van der Waals surface area (Å²) >= 11 is 0. The lowest BCUT2D eigenvalue weighted by molar-refractivity contribution is -0.167. The fourth-order valence-electron chi connectivity index (χ4n) is 6.25. The minimum atomic E-state index is -0.794. The van der Waals surface area contributed by atoms with Gasteiger partial charge in [0.15, 0.2) is 6.10 Å². The normalized spacial score (nSPS) is 12.8. The monoisotopic (exact) mass is 821 g/mol. The number of hydrogen-bond acceptors (Lipinski definition) is 6. The Morgan fingerprint density at radius 1 is 0.356 bits per heavy atom. The van der Waals surface area contributed by atoms with Gasteiger partial charge in [-0.15, -0.1) is 0 Å². The van der Waals surface area contributed by atoms with Gasteiger partial charge in [-0.1, -0.05) is 189 Å². The topological polar surface area (TPSA) is 78.9 Å². The van der Waals surface area contributed by atoms with Crippen molar-refractivity contribution in [2.45, 2.75) is 219 Å². The highest BCUT2D eigenvalue weighted by molar-refractivity contribution is 5.71. The number of carbonyl (C=O) groups excluding carboxylic acids is 3. The number of rotatable bonds is 42. The van der Waals surface area contributed by atoms with Crippen molar-refractivity contribution in [3.63, 3.8) is 0 Å². The second kappa shape index (κ2) is 47.3. The molecule has 6 nitrogen and oxygen atoms in total. The van der Waals surface area contributed by atoms with E-state index in [1.165, 1.54) is 51.4 Å². The van der Waals surface area contributed by atoms with E-state index in [-0.39, 0.29) is 31.1 Å². The third-order valence-corrected chi connectivity index (χ3v) is 9.88. The molecule has 0 saturated carbocycles. The van der Waals surface area contributed by atoms with Crippen LogP contribution in [-0.2, 0) is 28.6 Å². The Morgan fingerprint density at radius 2 is 0.678 bits per heavy atom. The van der Waals surface area contributed by atoms with E-state index in [2.05, 4.69) is 106 Å². The van der Waals surface area contributed by atoms with Crippen molar-refractivity contribution in [2.75, 3.05) is 13.2 Å². The van der Waals surface area contributed by atoms with Crippen LogP contribution in [0.1, 0.15) is 213 Å². The molecular weight excluding hydrogens is 733 g/mol. The van der Waals surface area contributed by atoms with E-state index >= 15 is 0 Å². The van der Waals surface area contributed by atoms with E-state index in [1.807, 2.05) is 0 Å². The average molecular weight is 821 g/mol. The van der Waals surface area contributed by atoms with Gasteiger partial charge >= 0.3 is 17.9 Å². The first-order valence-electron chi connectivity index (χ1n) is 24.1. The first-order chi connectivity index (χ1) is 29.0. The van der Waals surface area contributed by atoms with Crippen LogP contribution in [0.15, 0.2) is 85.1 Å². The maximum absolute atomic E-state index is 12.7. The van der Waals surface area contributed by atoms with Gasteiger partial charge in [0.2, 0.25) is 0 Å².